The molecule has 0 saturated heterocycles. The van der Waals surface area contributed by atoms with Crippen molar-refractivity contribution in [2.75, 3.05) is 0 Å². The summed E-state index contributed by atoms with van der Waals surface area (Å²) in [4.78, 5) is 14.5. The highest BCUT2D eigenvalue weighted by Gasteiger charge is 2.17. The zero-order chi connectivity index (χ0) is 17.6. The summed E-state index contributed by atoms with van der Waals surface area (Å²) in [7, 11) is 0. The molecule has 0 radical (unpaired) electrons. The molecule has 128 valence electrons. The first-order valence-corrected chi connectivity index (χ1v) is 8.31. The quantitative estimate of drug-likeness (QED) is 0.712. The predicted molar refractivity (Wildman–Crippen MR) is 96.2 cm³/mol. The van der Waals surface area contributed by atoms with Crippen LogP contribution in [-0.4, -0.2) is 15.9 Å². The summed E-state index contributed by atoms with van der Waals surface area (Å²) >= 11 is 5.89. The Labute approximate surface area is 151 Å². The number of amides is 1. The first kappa shape index (κ1) is 17.1. The van der Waals surface area contributed by atoms with Crippen LogP contribution in [0.5, 0.6) is 5.75 Å². The van der Waals surface area contributed by atoms with Gasteiger partial charge in [-0.05, 0) is 35.9 Å². The van der Waals surface area contributed by atoms with Crippen LogP contribution in [0, 0.1) is 0 Å². The molecule has 0 saturated carbocycles. The van der Waals surface area contributed by atoms with Crippen LogP contribution in [0.4, 0.5) is 0 Å². The molecule has 1 N–H and O–H groups in total. The van der Waals surface area contributed by atoms with Crippen molar-refractivity contribution in [3.8, 4) is 5.75 Å². The predicted octanol–water partition coefficient (Wildman–Crippen LogP) is 4.41. The smallest absolute Gasteiger partial charge is 0.227 e. The first-order chi connectivity index (χ1) is 12.1. The van der Waals surface area contributed by atoms with Crippen molar-refractivity contribution >= 4 is 17.5 Å². The van der Waals surface area contributed by atoms with E-state index in [-0.39, 0.29) is 18.1 Å². The van der Waals surface area contributed by atoms with Crippen LogP contribution in [0.15, 0.2) is 71.3 Å². The highest BCUT2D eigenvalue weighted by atomic mass is 35.5. The summed E-state index contributed by atoms with van der Waals surface area (Å²) in [6, 6.07) is 17.8. The molecular weight excluding hydrogens is 338 g/mol. The van der Waals surface area contributed by atoms with Gasteiger partial charge in [-0.25, -0.2) is 0 Å². The van der Waals surface area contributed by atoms with E-state index in [1.807, 2.05) is 24.3 Å². The van der Waals surface area contributed by atoms with Crippen LogP contribution in [0.3, 0.4) is 0 Å². The van der Waals surface area contributed by atoms with Crippen LogP contribution in [0.2, 0.25) is 5.02 Å². The Kier molecular flexibility index (Phi) is 5.41. The number of nitrogens with zero attached hydrogens (tertiary/aromatic N) is 1. The lowest BCUT2D eigenvalue weighted by Gasteiger charge is -2.22. The van der Waals surface area contributed by atoms with Gasteiger partial charge in [-0.15, -0.1) is 0 Å². The van der Waals surface area contributed by atoms with E-state index in [0.717, 1.165) is 5.56 Å². The molecule has 0 aliphatic carbocycles. The van der Waals surface area contributed by atoms with Gasteiger partial charge < -0.3 is 14.4 Å². The molecule has 0 unspecified atom stereocenters. The zero-order valence-corrected chi connectivity index (χ0v) is 14.3. The summed E-state index contributed by atoms with van der Waals surface area (Å²) in [5, 5.41) is 10.6. The third kappa shape index (κ3) is 4.64. The van der Waals surface area contributed by atoms with Crippen molar-refractivity contribution in [3.63, 3.8) is 0 Å². The number of rotatable bonds is 6. The van der Waals surface area contributed by atoms with Gasteiger partial charge >= 0.3 is 0 Å². The Hall–Kier alpha value is -2.72. The van der Waals surface area contributed by atoms with Crippen molar-refractivity contribution in [2.24, 2.45) is 0 Å². The van der Waals surface area contributed by atoms with Gasteiger partial charge in [-0.3, -0.25) is 4.79 Å². The molecule has 5 heteroatoms. The van der Waals surface area contributed by atoms with E-state index in [4.69, 9.17) is 16.0 Å². The number of hydrogen-bond donors (Lipinski definition) is 1. The molecule has 0 aliphatic heterocycles. The average Bonchev–Trinajstić information content (AvgIpc) is 3.11. The van der Waals surface area contributed by atoms with Gasteiger partial charge in [0.2, 0.25) is 5.91 Å². The second-order valence-corrected chi connectivity index (χ2v) is 6.20. The van der Waals surface area contributed by atoms with E-state index in [1.165, 1.54) is 0 Å². The topological polar surface area (TPSA) is 53.7 Å². The van der Waals surface area contributed by atoms with E-state index in [9.17, 15) is 9.90 Å². The largest absolute Gasteiger partial charge is 0.508 e. The van der Waals surface area contributed by atoms with E-state index >= 15 is 0 Å². The summed E-state index contributed by atoms with van der Waals surface area (Å²) < 4.78 is 5.37. The maximum atomic E-state index is 12.8. The molecule has 1 amide bonds. The number of carbonyl (C=O) groups excluding carboxylic acids is 1. The summed E-state index contributed by atoms with van der Waals surface area (Å²) in [5.74, 6) is 0.813. The van der Waals surface area contributed by atoms with Crippen LogP contribution in [-0.2, 0) is 24.3 Å². The molecule has 0 bridgehead atoms. The van der Waals surface area contributed by atoms with Gasteiger partial charge in [0.1, 0.15) is 11.5 Å². The van der Waals surface area contributed by atoms with Gasteiger partial charge in [0, 0.05) is 17.1 Å². The Bertz CT molecular complexity index is 828. The van der Waals surface area contributed by atoms with Crippen LogP contribution in [0.25, 0.3) is 0 Å². The molecule has 4 nitrogen and oxygen atoms in total. The lowest BCUT2D eigenvalue weighted by Crippen LogP contribution is -2.31. The molecule has 2 aromatic carbocycles. The van der Waals surface area contributed by atoms with Crippen molar-refractivity contribution < 1.29 is 14.3 Å². The Morgan fingerprint density at radius 3 is 2.44 bits per heavy atom. The number of para-hydroxylation sites is 1. The van der Waals surface area contributed by atoms with Crippen LogP contribution in [0.1, 0.15) is 16.9 Å². The Morgan fingerprint density at radius 1 is 1.00 bits per heavy atom. The molecular formula is C20H18ClNO3. The third-order valence-electron chi connectivity index (χ3n) is 3.90. The second kappa shape index (κ2) is 7.90. The minimum atomic E-state index is -0.0537. The molecule has 0 atom stereocenters. The number of carbonyl (C=O) groups is 1. The van der Waals surface area contributed by atoms with E-state index in [0.29, 0.717) is 29.4 Å². The SMILES string of the molecule is O=C(Cc1ccc(Cl)cc1)N(Cc1ccco1)Cc1ccccc1O. The standard InChI is InChI=1S/C20H18ClNO3/c21-17-9-7-15(8-10-17)12-20(24)22(14-18-5-3-11-25-18)13-16-4-1-2-6-19(16)23/h1-11,23H,12-14H2. The van der Waals surface area contributed by atoms with Crippen molar-refractivity contribution in [1.82, 2.24) is 4.90 Å². The lowest BCUT2D eigenvalue weighted by atomic mass is 10.1. The number of benzene rings is 2. The van der Waals surface area contributed by atoms with Gasteiger partial charge in [-0.1, -0.05) is 41.9 Å². The fourth-order valence-corrected chi connectivity index (χ4v) is 2.69. The highest BCUT2D eigenvalue weighted by Crippen LogP contribution is 2.20. The minimum Gasteiger partial charge on any atom is -0.508 e. The third-order valence-corrected chi connectivity index (χ3v) is 4.15. The maximum Gasteiger partial charge on any atom is 0.227 e. The summed E-state index contributed by atoms with van der Waals surface area (Å²) in [6.45, 7) is 0.646. The van der Waals surface area contributed by atoms with Gasteiger partial charge in [0.15, 0.2) is 0 Å². The van der Waals surface area contributed by atoms with E-state index in [2.05, 4.69) is 0 Å². The fourth-order valence-electron chi connectivity index (χ4n) is 2.56. The molecule has 3 rings (SSSR count). The van der Waals surface area contributed by atoms with Crippen molar-refractivity contribution in [3.05, 3.63) is 88.8 Å². The van der Waals surface area contributed by atoms with Gasteiger partial charge in [0.05, 0.1) is 19.2 Å². The number of hydrogen-bond acceptors (Lipinski definition) is 3. The number of phenolic OH excluding ortho intramolecular Hbond substituents is 1. The molecule has 0 fully saturated rings. The van der Waals surface area contributed by atoms with Crippen molar-refractivity contribution in [2.45, 2.75) is 19.5 Å². The normalized spacial score (nSPS) is 10.6. The van der Waals surface area contributed by atoms with E-state index in [1.54, 1.807) is 47.6 Å². The van der Waals surface area contributed by atoms with E-state index < -0.39 is 0 Å². The zero-order valence-electron chi connectivity index (χ0n) is 13.6. The number of halogens is 1. The van der Waals surface area contributed by atoms with Gasteiger partial charge in [-0.2, -0.15) is 0 Å². The molecule has 0 aliphatic rings. The minimum absolute atomic E-state index is 0.0537. The fraction of sp³-hybridized carbons (Fsp3) is 0.150. The number of aromatic hydroxyl groups is 1. The lowest BCUT2D eigenvalue weighted by molar-refractivity contribution is -0.132. The molecule has 1 heterocycles. The first-order valence-electron chi connectivity index (χ1n) is 7.93. The second-order valence-electron chi connectivity index (χ2n) is 5.76. The van der Waals surface area contributed by atoms with Gasteiger partial charge in [0.25, 0.3) is 0 Å². The molecule has 3 aromatic rings. The Morgan fingerprint density at radius 2 is 1.76 bits per heavy atom. The highest BCUT2D eigenvalue weighted by molar-refractivity contribution is 6.30. The number of furan rings is 1. The monoisotopic (exact) mass is 355 g/mol. The average molecular weight is 356 g/mol. The number of phenols is 1. The van der Waals surface area contributed by atoms with Crippen molar-refractivity contribution in [1.29, 1.82) is 0 Å². The maximum absolute atomic E-state index is 12.8. The van der Waals surface area contributed by atoms with Crippen LogP contribution < -0.4 is 0 Å². The summed E-state index contributed by atoms with van der Waals surface area (Å²) in [6.07, 6.45) is 1.84. The summed E-state index contributed by atoms with van der Waals surface area (Å²) in [5.41, 5.74) is 1.58. The van der Waals surface area contributed by atoms with Crippen LogP contribution >= 0.6 is 11.6 Å². The Balaban J connectivity index is 1.78. The molecule has 1 aromatic heterocycles. The molecule has 25 heavy (non-hydrogen) atoms. The molecule has 0 spiro atoms.